The van der Waals surface area contributed by atoms with Crippen molar-refractivity contribution in [3.8, 4) is 0 Å². The van der Waals surface area contributed by atoms with E-state index in [1.54, 1.807) is 0 Å². The molecule has 4 heteroatoms. The second-order valence-corrected chi connectivity index (χ2v) is 7.69. The van der Waals surface area contributed by atoms with Crippen LogP contribution in [-0.4, -0.2) is 43.7 Å². The molecule has 0 spiro atoms. The molecule has 1 amide bonds. The molecular weight excluding hydrogens is 336 g/mol. The first kappa shape index (κ1) is 18.2. The lowest BCUT2D eigenvalue weighted by atomic mass is 10.0. The van der Waals surface area contributed by atoms with Crippen molar-refractivity contribution in [3.05, 3.63) is 70.3 Å². The van der Waals surface area contributed by atoms with Crippen LogP contribution in [0.2, 0.25) is 0 Å². The maximum atomic E-state index is 13.0. The number of carbonyl (C=O) groups excluding carboxylic acids is 1. The van der Waals surface area contributed by atoms with E-state index >= 15 is 0 Å². The zero-order valence-electron chi connectivity index (χ0n) is 16.0. The van der Waals surface area contributed by atoms with Crippen molar-refractivity contribution in [1.82, 2.24) is 10.2 Å². The smallest absolute Gasteiger partial charge is 0.251 e. The van der Waals surface area contributed by atoms with Gasteiger partial charge in [-0.1, -0.05) is 35.9 Å². The maximum absolute atomic E-state index is 13.0. The molecule has 1 aliphatic carbocycles. The first-order valence-electron chi connectivity index (χ1n) is 9.98. The molecule has 2 aromatic rings. The lowest BCUT2D eigenvalue weighted by molar-refractivity contribution is 0.0332. The summed E-state index contributed by atoms with van der Waals surface area (Å²) >= 11 is 0. The van der Waals surface area contributed by atoms with E-state index in [1.165, 1.54) is 23.1 Å². The summed E-state index contributed by atoms with van der Waals surface area (Å²) in [4.78, 5) is 15.4. The predicted molar refractivity (Wildman–Crippen MR) is 107 cm³/mol. The summed E-state index contributed by atoms with van der Waals surface area (Å²) in [7, 11) is 0. The number of rotatable bonds is 5. The van der Waals surface area contributed by atoms with Gasteiger partial charge in [0.2, 0.25) is 0 Å². The summed E-state index contributed by atoms with van der Waals surface area (Å²) in [6.45, 7) is 6.25. The van der Waals surface area contributed by atoms with Crippen molar-refractivity contribution in [2.45, 2.75) is 32.2 Å². The minimum absolute atomic E-state index is 0.0172. The molecule has 142 valence electrons. The lowest BCUT2D eigenvalue weighted by Crippen LogP contribution is -2.43. The number of nitrogens with zero attached hydrogens (tertiary/aromatic N) is 1. The zero-order chi connectivity index (χ0) is 18.6. The fraction of sp³-hybridized carbons (Fsp3) is 0.435. The van der Waals surface area contributed by atoms with Gasteiger partial charge in [0.05, 0.1) is 19.3 Å². The van der Waals surface area contributed by atoms with Gasteiger partial charge in [0, 0.05) is 25.2 Å². The van der Waals surface area contributed by atoms with E-state index in [9.17, 15) is 4.79 Å². The highest BCUT2D eigenvalue weighted by Crippen LogP contribution is 2.23. The van der Waals surface area contributed by atoms with Gasteiger partial charge >= 0.3 is 0 Å². The summed E-state index contributed by atoms with van der Waals surface area (Å²) in [5, 5.41) is 3.29. The minimum atomic E-state index is -0.0237. The number of benzene rings is 2. The highest BCUT2D eigenvalue weighted by molar-refractivity contribution is 5.94. The number of hydrogen-bond donors (Lipinski definition) is 1. The zero-order valence-corrected chi connectivity index (χ0v) is 16.0. The van der Waals surface area contributed by atoms with Crippen LogP contribution in [0.3, 0.4) is 0 Å². The van der Waals surface area contributed by atoms with Crippen molar-refractivity contribution < 1.29 is 9.53 Å². The third kappa shape index (κ3) is 4.40. The topological polar surface area (TPSA) is 41.6 Å². The van der Waals surface area contributed by atoms with Crippen LogP contribution in [0.5, 0.6) is 0 Å². The van der Waals surface area contributed by atoms with Crippen LogP contribution in [0.1, 0.15) is 45.1 Å². The van der Waals surface area contributed by atoms with Crippen LogP contribution in [0, 0.1) is 6.92 Å². The Morgan fingerprint density at radius 3 is 2.59 bits per heavy atom. The molecule has 1 N–H and O–H groups in total. The van der Waals surface area contributed by atoms with Crippen molar-refractivity contribution in [2.24, 2.45) is 0 Å². The van der Waals surface area contributed by atoms with Crippen LogP contribution >= 0.6 is 0 Å². The minimum Gasteiger partial charge on any atom is -0.379 e. The molecular formula is C23H28N2O2. The van der Waals surface area contributed by atoms with Crippen LogP contribution in [-0.2, 0) is 17.6 Å². The molecule has 2 aliphatic rings. The van der Waals surface area contributed by atoms with Crippen molar-refractivity contribution in [2.75, 3.05) is 32.8 Å². The number of morpholine rings is 1. The Hall–Kier alpha value is -2.17. The van der Waals surface area contributed by atoms with Crippen molar-refractivity contribution in [1.29, 1.82) is 0 Å². The summed E-state index contributed by atoms with van der Waals surface area (Å²) in [5.41, 5.74) is 5.89. The molecule has 0 radical (unpaired) electrons. The van der Waals surface area contributed by atoms with E-state index < -0.39 is 0 Å². The number of amides is 1. The average molecular weight is 364 g/mol. The van der Waals surface area contributed by atoms with Gasteiger partial charge in [-0.2, -0.15) is 0 Å². The molecule has 1 saturated heterocycles. The third-order valence-corrected chi connectivity index (χ3v) is 5.69. The van der Waals surface area contributed by atoms with Gasteiger partial charge in [-0.05, 0) is 55.0 Å². The molecule has 27 heavy (non-hydrogen) atoms. The van der Waals surface area contributed by atoms with Crippen LogP contribution in [0.15, 0.2) is 42.5 Å². The number of hydrogen-bond acceptors (Lipinski definition) is 3. The summed E-state index contributed by atoms with van der Waals surface area (Å²) < 4.78 is 5.47. The SMILES string of the molecule is Cc1ccc([C@@H](CN2CCOCC2)NC(=O)c2ccc3c(c2)CCC3)cc1. The monoisotopic (exact) mass is 364 g/mol. The molecule has 2 aromatic carbocycles. The van der Waals surface area contributed by atoms with Crippen molar-refractivity contribution >= 4 is 5.91 Å². The number of aryl methyl sites for hydroxylation is 3. The Bertz CT molecular complexity index is 795. The van der Waals surface area contributed by atoms with Crippen molar-refractivity contribution in [3.63, 3.8) is 0 Å². The summed E-state index contributed by atoms with van der Waals surface area (Å²) in [6, 6.07) is 14.6. The normalized spacial score (nSPS) is 18.1. The maximum Gasteiger partial charge on any atom is 0.251 e. The van der Waals surface area contributed by atoms with E-state index in [0.717, 1.165) is 56.8 Å². The number of ether oxygens (including phenoxy) is 1. The third-order valence-electron chi connectivity index (χ3n) is 5.69. The fourth-order valence-corrected chi connectivity index (χ4v) is 4.03. The number of nitrogens with one attached hydrogen (secondary N) is 1. The van der Waals surface area contributed by atoms with E-state index in [4.69, 9.17) is 4.74 Å². The molecule has 1 fully saturated rings. The van der Waals surface area contributed by atoms with Crippen LogP contribution in [0.4, 0.5) is 0 Å². The highest BCUT2D eigenvalue weighted by Gasteiger charge is 2.21. The van der Waals surface area contributed by atoms with Gasteiger partial charge in [0.1, 0.15) is 0 Å². The Kier molecular flexibility index (Phi) is 5.55. The molecule has 0 aromatic heterocycles. The Balaban J connectivity index is 1.52. The van der Waals surface area contributed by atoms with Gasteiger partial charge < -0.3 is 10.1 Å². The highest BCUT2D eigenvalue weighted by atomic mass is 16.5. The standard InChI is InChI=1S/C23H28N2O2/c1-17-5-7-19(8-6-17)22(16-25-11-13-27-14-12-25)24-23(26)21-10-9-18-3-2-4-20(18)15-21/h5-10,15,22H,2-4,11-14,16H2,1H3,(H,24,26)/t22-/m1/s1. The second kappa shape index (κ2) is 8.24. The van der Waals surface area contributed by atoms with Gasteiger partial charge in [0.25, 0.3) is 5.91 Å². The largest absolute Gasteiger partial charge is 0.379 e. The van der Waals surface area contributed by atoms with Crippen LogP contribution in [0.25, 0.3) is 0 Å². The molecule has 0 saturated carbocycles. The van der Waals surface area contributed by atoms with E-state index in [0.29, 0.717) is 0 Å². The van der Waals surface area contributed by atoms with E-state index in [2.05, 4.69) is 53.5 Å². The predicted octanol–water partition coefficient (Wildman–Crippen LogP) is 3.29. The van der Waals surface area contributed by atoms with Gasteiger partial charge in [-0.15, -0.1) is 0 Å². The Morgan fingerprint density at radius 2 is 1.81 bits per heavy atom. The first-order chi connectivity index (χ1) is 13.2. The molecule has 4 nitrogen and oxygen atoms in total. The molecule has 1 heterocycles. The Morgan fingerprint density at radius 1 is 1.07 bits per heavy atom. The molecule has 0 bridgehead atoms. The second-order valence-electron chi connectivity index (χ2n) is 7.69. The van der Waals surface area contributed by atoms with E-state index in [-0.39, 0.29) is 11.9 Å². The lowest BCUT2D eigenvalue weighted by Gasteiger charge is -2.31. The number of fused-ring (bicyclic) bond motifs is 1. The molecule has 1 aliphatic heterocycles. The molecule has 1 atom stereocenters. The molecule has 4 rings (SSSR count). The summed E-state index contributed by atoms with van der Waals surface area (Å²) in [6.07, 6.45) is 3.43. The summed E-state index contributed by atoms with van der Waals surface area (Å²) in [5.74, 6) is 0.0172. The van der Waals surface area contributed by atoms with Gasteiger partial charge in [0.15, 0.2) is 0 Å². The molecule has 0 unspecified atom stereocenters. The fourth-order valence-electron chi connectivity index (χ4n) is 4.03. The van der Waals surface area contributed by atoms with Crippen LogP contribution < -0.4 is 5.32 Å². The number of carbonyl (C=O) groups is 1. The van der Waals surface area contributed by atoms with Gasteiger partial charge in [-0.25, -0.2) is 0 Å². The quantitative estimate of drug-likeness (QED) is 0.885. The average Bonchev–Trinajstić information content (AvgIpc) is 3.16. The first-order valence-corrected chi connectivity index (χ1v) is 9.98. The van der Waals surface area contributed by atoms with Gasteiger partial charge in [-0.3, -0.25) is 9.69 Å². The Labute approximate surface area is 161 Å². The van der Waals surface area contributed by atoms with E-state index in [1.807, 2.05) is 6.07 Å².